The van der Waals surface area contributed by atoms with E-state index in [0.717, 1.165) is 16.0 Å². The van der Waals surface area contributed by atoms with Crippen molar-refractivity contribution in [2.75, 3.05) is 0 Å². The number of hydrogen-bond donors (Lipinski definition) is 0. The van der Waals surface area contributed by atoms with E-state index in [2.05, 4.69) is 15.9 Å². The Bertz CT molecular complexity index is 326. The molecule has 0 radical (unpaired) electrons. The molecule has 1 aromatic heterocycles. The Hall–Kier alpha value is -0.280. The molecule has 64 valence electrons. The number of ether oxygens (including phenoxy) is 1. The summed E-state index contributed by atoms with van der Waals surface area (Å²) in [4.78, 5) is 0. The number of furan rings is 1. The van der Waals surface area contributed by atoms with Crippen LogP contribution in [0.3, 0.4) is 0 Å². The predicted molar refractivity (Wildman–Crippen MR) is 46.9 cm³/mol. The lowest BCUT2D eigenvalue weighted by atomic mass is 10.2. The van der Waals surface area contributed by atoms with Crippen LogP contribution < -0.4 is 0 Å². The topological polar surface area (TPSA) is 22.4 Å². The van der Waals surface area contributed by atoms with Crippen LogP contribution in [0.15, 0.2) is 8.89 Å². The van der Waals surface area contributed by atoms with E-state index in [4.69, 9.17) is 9.15 Å². The number of rotatable bonds is 1. The molecule has 0 aromatic carbocycles. The molecule has 12 heavy (non-hydrogen) atoms. The predicted octanol–water partition coefficient (Wildman–Crippen LogP) is 2.95. The quantitative estimate of drug-likeness (QED) is 0.738. The molecule has 0 atom stereocenters. The fourth-order valence-corrected chi connectivity index (χ4v) is 2.36. The second-order valence-corrected chi connectivity index (χ2v) is 4.24. The van der Waals surface area contributed by atoms with Gasteiger partial charge >= 0.3 is 0 Å². The number of hydrogen-bond acceptors (Lipinski definition) is 2. The molecule has 2 aliphatic rings. The molecular weight excluding hydrogens is 220 g/mol. The summed E-state index contributed by atoms with van der Waals surface area (Å²) in [6.45, 7) is 1.37. The fraction of sp³-hybridized carbons (Fsp3) is 0.556. The first-order valence-corrected chi connectivity index (χ1v) is 5.03. The van der Waals surface area contributed by atoms with Gasteiger partial charge in [-0.1, -0.05) is 0 Å². The molecule has 0 bridgehead atoms. The Labute approximate surface area is 79.0 Å². The van der Waals surface area contributed by atoms with Crippen molar-refractivity contribution < 1.29 is 9.15 Å². The van der Waals surface area contributed by atoms with Gasteiger partial charge in [0, 0.05) is 11.5 Å². The van der Waals surface area contributed by atoms with Crippen LogP contribution in [0.2, 0.25) is 0 Å². The lowest BCUT2D eigenvalue weighted by Gasteiger charge is -1.94. The molecule has 0 spiro atoms. The molecule has 3 heteroatoms. The van der Waals surface area contributed by atoms with E-state index in [1.807, 2.05) is 0 Å². The summed E-state index contributed by atoms with van der Waals surface area (Å²) in [6.07, 6.45) is 2.57. The Morgan fingerprint density at radius 3 is 2.75 bits per heavy atom. The summed E-state index contributed by atoms with van der Waals surface area (Å²) in [7, 11) is 0. The minimum Gasteiger partial charge on any atom is -0.462 e. The van der Waals surface area contributed by atoms with E-state index < -0.39 is 0 Å². The van der Waals surface area contributed by atoms with Crippen molar-refractivity contribution in [3.05, 3.63) is 21.6 Å². The molecule has 1 fully saturated rings. The van der Waals surface area contributed by atoms with Gasteiger partial charge in [-0.3, -0.25) is 0 Å². The van der Waals surface area contributed by atoms with E-state index >= 15 is 0 Å². The lowest BCUT2D eigenvalue weighted by Crippen LogP contribution is -1.81. The van der Waals surface area contributed by atoms with Gasteiger partial charge in [0.05, 0.1) is 11.1 Å². The summed E-state index contributed by atoms with van der Waals surface area (Å²) >= 11 is 3.57. The Morgan fingerprint density at radius 2 is 2.08 bits per heavy atom. The Balaban J connectivity index is 2.10. The van der Waals surface area contributed by atoms with Gasteiger partial charge in [-0.25, -0.2) is 0 Å². The molecule has 2 nitrogen and oxygen atoms in total. The lowest BCUT2D eigenvalue weighted by molar-refractivity contribution is 0.122. The SMILES string of the molecule is Brc1c(C2CC2)oc2c1COC2. The van der Waals surface area contributed by atoms with E-state index in [0.29, 0.717) is 19.1 Å². The molecule has 1 aromatic rings. The average molecular weight is 229 g/mol. The van der Waals surface area contributed by atoms with Gasteiger partial charge < -0.3 is 9.15 Å². The maximum absolute atomic E-state index is 5.71. The summed E-state index contributed by atoms with van der Waals surface area (Å²) in [5.74, 6) is 2.87. The van der Waals surface area contributed by atoms with Crippen LogP contribution in [-0.2, 0) is 18.0 Å². The average Bonchev–Trinajstić information content (AvgIpc) is 2.71. The van der Waals surface area contributed by atoms with Crippen molar-refractivity contribution in [1.82, 2.24) is 0 Å². The van der Waals surface area contributed by atoms with Gasteiger partial charge in [0.2, 0.25) is 0 Å². The summed E-state index contributed by atoms with van der Waals surface area (Å²) in [5.41, 5.74) is 1.23. The Morgan fingerprint density at radius 1 is 1.25 bits per heavy atom. The highest BCUT2D eigenvalue weighted by Gasteiger charge is 2.33. The second-order valence-electron chi connectivity index (χ2n) is 3.45. The minimum absolute atomic E-state index is 0.653. The van der Waals surface area contributed by atoms with Crippen LogP contribution in [0.4, 0.5) is 0 Å². The first-order valence-electron chi connectivity index (χ1n) is 4.24. The molecular formula is C9H9BrO2. The molecule has 2 heterocycles. The van der Waals surface area contributed by atoms with Gasteiger partial charge in [0.25, 0.3) is 0 Å². The smallest absolute Gasteiger partial charge is 0.136 e. The summed E-state index contributed by atoms with van der Waals surface area (Å²) in [5, 5.41) is 0. The van der Waals surface area contributed by atoms with Gasteiger partial charge in [0.15, 0.2) is 0 Å². The third-order valence-electron chi connectivity index (χ3n) is 2.48. The molecule has 3 rings (SSSR count). The van der Waals surface area contributed by atoms with Crippen molar-refractivity contribution in [2.45, 2.75) is 32.0 Å². The highest BCUT2D eigenvalue weighted by molar-refractivity contribution is 9.10. The van der Waals surface area contributed by atoms with E-state index in [1.165, 1.54) is 18.4 Å². The monoisotopic (exact) mass is 228 g/mol. The van der Waals surface area contributed by atoms with Gasteiger partial charge in [-0.2, -0.15) is 0 Å². The van der Waals surface area contributed by atoms with Crippen molar-refractivity contribution >= 4 is 15.9 Å². The van der Waals surface area contributed by atoms with Gasteiger partial charge in [-0.05, 0) is 28.8 Å². The highest BCUT2D eigenvalue weighted by atomic mass is 79.9. The molecule has 0 unspecified atom stereocenters. The first-order chi connectivity index (χ1) is 5.86. The maximum Gasteiger partial charge on any atom is 0.136 e. The first kappa shape index (κ1) is 7.15. The zero-order valence-corrected chi connectivity index (χ0v) is 8.19. The highest BCUT2D eigenvalue weighted by Crippen LogP contribution is 2.47. The normalized spacial score (nSPS) is 21.4. The third-order valence-corrected chi connectivity index (χ3v) is 3.35. The molecule has 1 saturated carbocycles. The van der Waals surface area contributed by atoms with E-state index in [-0.39, 0.29) is 0 Å². The van der Waals surface area contributed by atoms with Crippen molar-refractivity contribution in [2.24, 2.45) is 0 Å². The van der Waals surface area contributed by atoms with Crippen molar-refractivity contribution in [3.8, 4) is 0 Å². The van der Waals surface area contributed by atoms with Crippen LogP contribution in [0.1, 0.15) is 35.8 Å². The van der Waals surface area contributed by atoms with Crippen LogP contribution in [-0.4, -0.2) is 0 Å². The zero-order valence-electron chi connectivity index (χ0n) is 6.60. The number of halogens is 1. The third kappa shape index (κ3) is 0.896. The largest absolute Gasteiger partial charge is 0.462 e. The minimum atomic E-state index is 0.653. The van der Waals surface area contributed by atoms with Crippen LogP contribution >= 0.6 is 15.9 Å². The molecule has 0 amide bonds. The number of fused-ring (bicyclic) bond motifs is 1. The standard InChI is InChI=1S/C9H9BrO2/c10-8-6-3-11-4-7(6)12-9(8)5-1-2-5/h5H,1-4H2. The Kier molecular flexibility index (Phi) is 1.41. The van der Waals surface area contributed by atoms with Crippen molar-refractivity contribution in [1.29, 1.82) is 0 Å². The zero-order chi connectivity index (χ0) is 8.13. The van der Waals surface area contributed by atoms with Crippen LogP contribution in [0.25, 0.3) is 0 Å². The van der Waals surface area contributed by atoms with E-state index in [1.54, 1.807) is 0 Å². The van der Waals surface area contributed by atoms with Gasteiger partial charge in [-0.15, -0.1) is 0 Å². The summed E-state index contributed by atoms with van der Waals surface area (Å²) in [6, 6.07) is 0. The van der Waals surface area contributed by atoms with Crippen LogP contribution in [0, 0.1) is 0 Å². The van der Waals surface area contributed by atoms with Gasteiger partial charge in [0.1, 0.15) is 18.1 Å². The molecule has 1 aliphatic carbocycles. The second kappa shape index (κ2) is 2.36. The maximum atomic E-state index is 5.71. The molecule has 1 aliphatic heterocycles. The molecule has 0 saturated heterocycles. The fourth-order valence-electron chi connectivity index (χ4n) is 1.62. The van der Waals surface area contributed by atoms with E-state index in [9.17, 15) is 0 Å². The summed E-state index contributed by atoms with van der Waals surface area (Å²) < 4.78 is 12.1. The van der Waals surface area contributed by atoms with Crippen molar-refractivity contribution in [3.63, 3.8) is 0 Å². The molecule has 0 N–H and O–H groups in total. The van der Waals surface area contributed by atoms with Crippen LogP contribution in [0.5, 0.6) is 0 Å².